The molecule has 0 fully saturated rings. The molecule has 0 radical (unpaired) electrons. The van der Waals surface area contributed by atoms with Crippen LogP contribution >= 0.6 is 12.2 Å². The first-order valence-corrected chi connectivity index (χ1v) is 5.34. The zero-order chi connectivity index (χ0) is 12.2. The van der Waals surface area contributed by atoms with Gasteiger partial charge in [-0.2, -0.15) is 0 Å². The summed E-state index contributed by atoms with van der Waals surface area (Å²) in [6, 6.07) is 0. The lowest BCUT2D eigenvalue weighted by Gasteiger charge is -2.32. The van der Waals surface area contributed by atoms with E-state index in [0.29, 0.717) is 6.54 Å². The Hall–Kier alpha value is -0.680. The number of hydrogen-bond donors (Lipinski definition) is 2. The van der Waals surface area contributed by atoms with Crippen LogP contribution in [0.25, 0.3) is 0 Å². The maximum absolute atomic E-state index is 11.6. The summed E-state index contributed by atoms with van der Waals surface area (Å²) in [5.74, 6) is -0.518. The molecule has 0 aromatic rings. The van der Waals surface area contributed by atoms with Crippen LogP contribution in [0.3, 0.4) is 0 Å². The maximum Gasteiger partial charge on any atom is 0.229 e. The van der Waals surface area contributed by atoms with Gasteiger partial charge in [-0.3, -0.25) is 4.79 Å². The molecule has 0 aliphatic rings. The van der Waals surface area contributed by atoms with Crippen LogP contribution in [0.15, 0.2) is 0 Å². The summed E-state index contributed by atoms with van der Waals surface area (Å²) in [7, 11) is 3.95. The molecule has 0 saturated carbocycles. The fourth-order valence-electron chi connectivity index (χ4n) is 0.744. The molecule has 0 aliphatic heterocycles. The average Bonchev–Trinajstić information content (AvgIpc) is 2.12. The Kier molecular flexibility index (Phi) is 5.17. The lowest BCUT2D eigenvalue weighted by molar-refractivity contribution is -0.123. The predicted octanol–water partition coefficient (Wildman–Crippen LogP) is 0.365. The molecule has 0 bridgehead atoms. The first-order chi connectivity index (χ1) is 6.68. The van der Waals surface area contributed by atoms with E-state index in [-0.39, 0.29) is 16.4 Å². The zero-order valence-electron chi connectivity index (χ0n) is 10.1. The smallest absolute Gasteiger partial charge is 0.229 e. The summed E-state index contributed by atoms with van der Waals surface area (Å²) in [6.07, 6.45) is 0. The van der Waals surface area contributed by atoms with Gasteiger partial charge in [-0.05, 0) is 34.9 Å². The zero-order valence-corrected chi connectivity index (χ0v) is 10.9. The molecule has 0 aliphatic carbocycles. The second-order valence-electron chi connectivity index (χ2n) is 4.55. The lowest BCUT2D eigenvalue weighted by atomic mass is 10.0. The molecular formula is C10H21N3OS. The molecule has 0 rings (SSSR count). The molecule has 5 heteroatoms. The van der Waals surface area contributed by atoms with Gasteiger partial charge in [-0.25, -0.2) is 0 Å². The third-order valence-corrected chi connectivity index (χ3v) is 3.08. The van der Waals surface area contributed by atoms with Crippen LogP contribution in [-0.4, -0.2) is 42.0 Å². The standard InChI is InChI=1S/C10H21N3OS/c1-7(8(11)15)9(14)12-6-10(2,3)13(4)5/h7H,6H2,1-5H3,(H2,11,15)(H,12,14). The molecule has 15 heavy (non-hydrogen) atoms. The number of rotatable bonds is 5. The van der Waals surface area contributed by atoms with E-state index in [1.165, 1.54) is 0 Å². The van der Waals surface area contributed by atoms with E-state index in [1.807, 2.05) is 14.1 Å². The Morgan fingerprint density at radius 1 is 1.53 bits per heavy atom. The van der Waals surface area contributed by atoms with Crippen molar-refractivity contribution in [2.45, 2.75) is 26.3 Å². The molecule has 0 aromatic heterocycles. The monoisotopic (exact) mass is 231 g/mol. The average molecular weight is 231 g/mol. The van der Waals surface area contributed by atoms with E-state index in [0.717, 1.165) is 0 Å². The first-order valence-electron chi connectivity index (χ1n) is 4.93. The summed E-state index contributed by atoms with van der Waals surface area (Å²) in [5.41, 5.74) is 5.32. The van der Waals surface area contributed by atoms with E-state index in [1.54, 1.807) is 6.92 Å². The minimum Gasteiger partial charge on any atom is -0.393 e. The van der Waals surface area contributed by atoms with Crippen LogP contribution < -0.4 is 11.1 Å². The van der Waals surface area contributed by atoms with Crippen molar-refractivity contribution in [1.82, 2.24) is 10.2 Å². The number of hydrogen-bond acceptors (Lipinski definition) is 3. The predicted molar refractivity (Wildman–Crippen MR) is 66.7 cm³/mol. The number of carbonyl (C=O) groups excluding carboxylic acids is 1. The van der Waals surface area contributed by atoms with E-state index in [2.05, 4.69) is 24.1 Å². The van der Waals surface area contributed by atoms with Gasteiger partial charge in [0.05, 0.1) is 10.9 Å². The highest BCUT2D eigenvalue weighted by Crippen LogP contribution is 2.08. The molecular weight excluding hydrogens is 210 g/mol. The highest BCUT2D eigenvalue weighted by Gasteiger charge is 2.23. The Balaban J connectivity index is 4.17. The topological polar surface area (TPSA) is 58.4 Å². The summed E-state index contributed by atoms with van der Waals surface area (Å²) in [6.45, 7) is 6.39. The molecule has 0 heterocycles. The van der Waals surface area contributed by atoms with Crippen molar-refractivity contribution < 1.29 is 4.79 Å². The Bertz CT molecular complexity index is 251. The van der Waals surface area contributed by atoms with Gasteiger partial charge < -0.3 is 16.0 Å². The number of nitrogens with zero attached hydrogens (tertiary/aromatic N) is 1. The summed E-state index contributed by atoms with van der Waals surface area (Å²) >= 11 is 4.76. The van der Waals surface area contributed by atoms with Gasteiger partial charge >= 0.3 is 0 Å². The third-order valence-electron chi connectivity index (χ3n) is 2.73. The van der Waals surface area contributed by atoms with Crippen molar-refractivity contribution >= 4 is 23.1 Å². The van der Waals surface area contributed by atoms with Crippen molar-refractivity contribution in [1.29, 1.82) is 0 Å². The lowest BCUT2D eigenvalue weighted by Crippen LogP contribution is -2.50. The normalized spacial score (nSPS) is 13.7. The first kappa shape index (κ1) is 14.3. The SMILES string of the molecule is CC(C(=O)NCC(C)(C)N(C)C)C(N)=S. The van der Waals surface area contributed by atoms with Crippen molar-refractivity contribution in [3.8, 4) is 0 Å². The number of likely N-dealkylation sites (N-methyl/N-ethyl adjacent to an activating group) is 1. The fraction of sp³-hybridized carbons (Fsp3) is 0.800. The van der Waals surface area contributed by atoms with E-state index < -0.39 is 5.92 Å². The van der Waals surface area contributed by atoms with E-state index >= 15 is 0 Å². The van der Waals surface area contributed by atoms with Crippen LogP contribution in [0.4, 0.5) is 0 Å². The van der Waals surface area contributed by atoms with E-state index in [9.17, 15) is 4.79 Å². The number of nitrogens with one attached hydrogen (secondary N) is 1. The van der Waals surface area contributed by atoms with Crippen molar-refractivity contribution in [2.75, 3.05) is 20.6 Å². The Morgan fingerprint density at radius 3 is 2.33 bits per heavy atom. The van der Waals surface area contributed by atoms with Gasteiger partial charge in [0.25, 0.3) is 0 Å². The highest BCUT2D eigenvalue weighted by molar-refractivity contribution is 7.80. The second kappa shape index (κ2) is 5.42. The molecule has 4 nitrogen and oxygen atoms in total. The van der Waals surface area contributed by atoms with Crippen LogP contribution in [0.2, 0.25) is 0 Å². The number of nitrogens with two attached hydrogens (primary N) is 1. The number of thiocarbonyl (C=S) groups is 1. The molecule has 0 saturated heterocycles. The molecule has 3 N–H and O–H groups in total. The molecule has 1 amide bonds. The molecule has 1 atom stereocenters. The van der Waals surface area contributed by atoms with Crippen LogP contribution in [0.5, 0.6) is 0 Å². The van der Waals surface area contributed by atoms with Gasteiger partial charge in [0.1, 0.15) is 0 Å². The minimum atomic E-state index is -0.405. The second-order valence-corrected chi connectivity index (χ2v) is 5.02. The quantitative estimate of drug-likeness (QED) is 0.671. The number of amides is 1. The summed E-state index contributed by atoms with van der Waals surface area (Å²) < 4.78 is 0. The molecule has 0 spiro atoms. The summed E-state index contributed by atoms with van der Waals surface area (Å²) in [5, 5.41) is 2.84. The highest BCUT2D eigenvalue weighted by atomic mass is 32.1. The van der Waals surface area contributed by atoms with Crippen LogP contribution in [0.1, 0.15) is 20.8 Å². The van der Waals surface area contributed by atoms with Gasteiger partial charge in [-0.15, -0.1) is 0 Å². The molecule has 1 unspecified atom stereocenters. The largest absolute Gasteiger partial charge is 0.393 e. The fourth-order valence-corrected chi connectivity index (χ4v) is 0.851. The minimum absolute atomic E-state index is 0.0778. The third kappa shape index (κ3) is 4.57. The summed E-state index contributed by atoms with van der Waals surface area (Å²) in [4.78, 5) is 13.8. The maximum atomic E-state index is 11.6. The van der Waals surface area contributed by atoms with Crippen LogP contribution in [-0.2, 0) is 4.79 Å². The van der Waals surface area contributed by atoms with Gasteiger partial charge in [-0.1, -0.05) is 12.2 Å². The Labute approximate surface area is 97.2 Å². The van der Waals surface area contributed by atoms with Crippen LogP contribution in [0, 0.1) is 5.92 Å². The van der Waals surface area contributed by atoms with Crippen molar-refractivity contribution in [2.24, 2.45) is 11.7 Å². The van der Waals surface area contributed by atoms with Crippen molar-refractivity contribution in [3.63, 3.8) is 0 Å². The van der Waals surface area contributed by atoms with Crippen molar-refractivity contribution in [3.05, 3.63) is 0 Å². The van der Waals surface area contributed by atoms with Gasteiger partial charge in [0, 0.05) is 12.1 Å². The van der Waals surface area contributed by atoms with Gasteiger partial charge in [0.2, 0.25) is 5.91 Å². The van der Waals surface area contributed by atoms with E-state index in [4.69, 9.17) is 18.0 Å². The van der Waals surface area contributed by atoms with Gasteiger partial charge in [0.15, 0.2) is 0 Å². The molecule has 0 aromatic carbocycles. The molecule has 88 valence electrons. The Morgan fingerprint density at radius 2 is 2.00 bits per heavy atom. The number of carbonyl (C=O) groups is 1.